The van der Waals surface area contributed by atoms with Crippen molar-refractivity contribution in [2.75, 3.05) is 20.2 Å². The highest BCUT2D eigenvalue weighted by molar-refractivity contribution is 7.89. The molecule has 0 unspecified atom stereocenters. The number of nitrogens with one attached hydrogen (secondary N) is 3. The number of sulfonamides is 1. The highest BCUT2D eigenvalue weighted by Gasteiger charge is 2.33. The average molecular weight is 473 g/mol. The van der Waals surface area contributed by atoms with Crippen LogP contribution in [0.3, 0.4) is 0 Å². The van der Waals surface area contributed by atoms with E-state index in [0.717, 1.165) is 22.3 Å². The van der Waals surface area contributed by atoms with E-state index in [2.05, 4.69) is 16.0 Å². The molecule has 176 valence electrons. The monoisotopic (exact) mass is 472 g/mol. The molecule has 2 amide bonds. The molecule has 1 atom stereocenters. The van der Waals surface area contributed by atoms with Crippen molar-refractivity contribution in [3.05, 3.63) is 76.0 Å². The van der Waals surface area contributed by atoms with Crippen molar-refractivity contribution < 1.29 is 22.7 Å². The first-order chi connectivity index (χ1) is 15.6. The van der Waals surface area contributed by atoms with Crippen LogP contribution in [0.1, 0.15) is 28.3 Å². The van der Waals surface area contributed by atoms with Crippen LogP contribution in [0.2, 0.25) is 0 Å². The van der Waals surface area contributed by atoms with Gasteiger partial charge in [0.05, 0.1) is 23.6 Å². The van der Waals surface area contributed by atoms with Gasteiger partial charge in [0.15, 0.2) is 0 Å². The Bertz CT molecular complexity index is 1190. The second kappa shape index (κ2) is 10.2. The van der Waals surface area contributed by atoms with E-state index in [1.165, 1.54) is 19.2 Å². The number of carbonyl (C=O) groups excluding carboxylic acids is 2. The van der Waals surface area contributed by atoms with Gasteiger partial charge in [-0.15, -0.1) is 0 Å². The predicted octanol–water partition coefficient (Wildman–Crippen LogP) is 1.56. The molecule has 0 bridgehead atoms. The van der Waals surface area contributed by atoms with Crippen LogP contribution in [-0.4, -0.2) is 40.6 Å². The molecule has 0 saturated heterocycles. The summed E-state index contributed by atoms with van der Waals surface area (Å²) in [5.74, 6) is -0.525. The van der Waals surface area contributed by atoms with Crippen LogP contribution in [0.25, 0.3) is 0 Å². The number of benzene rings is 2. The van der Waals surface area contributed by atoms with Crippen molar-refractivity contribution in [2.24, 2.45) is 5.14 Å². The maximum absolute atomic E-state index is 12.7. The van der Waals surface area contributed by atoms with E-state index in [4.69, 9.17) is 9.88 Å². The van der Waals surface area contributed by atoms with Crippen LogP contribution in [0.4, 0.5) is 4.79 Å². The van der Waals surface area contributed by atoms with E-state index < -0.39 is 28.1 Å². The number of hydrogen-bond donors (Lipinski definition) is 4. The fourth-order valence-electron chi connectivity index (χ4n) is 3.78. The van der Waals surface area contributed by atoms with Crippen molar-refractivity contribution in [1.29, 1.82) is 0 Å². The second-order valence-corrected chi connectivity index (χ2v) is 9.45. The summed E-state index contributed by atoms with van der Waals surface area (Å²) in [6.45, 7) is 4.69. The van der Waals surface area contributed by atoms with E-state index in [1.807, 2.05) is 32.0 Å². The van der Waals surface area contributed by atoms with Crippen molar-refractivity contribution in [2.45, 2.75) is 31.2 Å². The summed E-state index contributed by atoms with van der Waals surface area (Å²) in [7, 11) is -2.42. The molecule has 1 aliphatic rings. The summed E-state index contributed by atoms with van der Waals surface area (Å²) in [6, 6.07) is 11.1. The molecule has 0 radical (unpaired) electrons. The Labute approximate surface area is 193 Å². The number of esters is 1. The maximum Gasteiger partial charge on any atom is 0.338 e. The van der Waals surface area contributed by atoms with Gasteiger partial charge in [-0.2, -0.15) is 0 Å². The molecule has 0 spiro atoms. The number of rotatable bonds is 8. The number of carbonyl (C=O) groups is 2. The lowest BCUT2D eigenvalue weighted by molar-refractivity contribution is -0.136. The fourth-order valence-corrected chi connectivity index (χ4v) is 4.30. The third kappa shape index (κ3) is 5.98. The number of ether oxygens (including phenoxy) is 1. The minimum atomic E-state index is -3.73. The zero-order chi connectivity index (χ0) is 24.2. The van der Waals surface area contributed by atoms with Gasteiger partial charge < -0.3 is 20.7 Å². The molecule has 0 aliphatic carbocycles. The summed E-state index contributed by atoms with van der Waals surface area (Å²) in [6.07, 6.45) is 0.610. The number of aryl methyl sites for hydroxylation is 2. The molecule has 3 rings (SSSR count). The van der Waals surface area contributed by atoms with Crippen LogP contribution in [0.5, 0.6) is 0 Å². The molecule has 0 aromatic heterocycles. The standard InChI is InChI=1S/C23H28N4O5S/c1-14-4-9-18(15(2)12-14)21-20(22(28)32-3)19(26-23(29)27-21)13-25-11-10-16-5-7-17(8-6-16)33(24,30)31/h4-9,12,21,25H,10-11,13H2,1-3H3,(H2,24,30,31)(H2,26,27,29)/t21-/m1/s1. The SMILES string of the molecule is COC(=O)C1=C(CNCCc2ccc(S(N)(=O)=O)cc2)NC(=O)N[C@@H]1c1ccc(C)cc1C. The lowest BCUT2D eigenvalue weighted by Crippen LogP contribution is -2.48. The van der Waals surface area contributed by atoms with Gasteiger partial charge in [-0.1, -0.05) is 35.9 Å². The third-order valence-electron chi connectivity index (χ3n) is 5.44. The normalized spacial score (nSPS) is 16.2. The van der Waals surface area contributed by atoms with Crippen LogP contribution >= 0.6 is 0 Å². The Morgan fingerprint density at radius 3 is 2.45 bits per heavy atom. The quantitative estimate of drug-likeness (QED) is 0.340. The minimum Gasteiger partial charge on any atom is -0.466 e. The summed E-state index contributed by atoms with van der Waals surface area (Å²) >= 11 is 0. The molecule has 5 N–H and O–H groups in total. The molecule has 10 heteroatoms. The number of urea groups is 1. The molecule has 2 aromatic carbocycles. The topological polar surface area (TPSA) is 140 Å². The van der Waals surface area contributed by atoms with Gasteiger partial charge in [0.1, 0.15) is 0 Å². The van der Waals surface area contributed by atoms with Crippen LogP contribution in [0, 0.1) is 13.8 Å². The van der Waals surface area contributed by atoms with Crippen LogP contribution < -0.4 is 21.1 Å². The maximum atomic E-state index is 12.7. The highest BCUT2D eigenvalue weighted by Crippen LogP contribution is 2.30. The van der Waals surface area contributed by atoms with E-state index in [-0.39, 0.29) is 11.4 Å². The molecule has 9 nitrogen and oxygen atoms in total. The molecular weight excluding hydrogens is 444 g/mol. The van der Waals surface area contributed by atoms with E-state index in [0.29, 0.717) is 24.2 Å². The minimum absolute atomic E-state index is 0.0574. The van der Waals surface area contributed by atoms with Gasteiger partial charge in [0.2, 0.25) is 10.0 Å². The van der Waals surface area contributed by atoms with Crippen LogP contribution in [0.15, 0.2) is 58.6 Å². The summed E-state index contributed by atoms with van der Waals surface area (Å²) in [4.78, 5) is 25.1. The Hall–Kier alpha value is -3.21. The van der Waals surface area contributed by atoms with E-state index >= 15 is 0 Å². The predicted molar refractivity (Wildman–Crippen MR) is 124 cm³/mol. The van der Waals surface area contributed by atoms with Crippen molar-refractivity contribution in [3.63, 3.8) is 0 Å². The summed E-state index contributed by atoms with van der Waals surface area (Å²) in [5, 5.41) is 13.9. The average Bonchev–Trinajstić information content (AvgIpc) is 2.75. The van der Waals surface area contributed by atoms with Gasteiger partial charge in [-0.25, -0.2) is 23.1 Å². The van der Waals surface area contributed by atoms with Crippen molar-refractivity contribution >= 4 is 22.0 Å². The zero-order valence-electron chi connectivity index (χ0n) is 18.8. The van der Waals surface area contributed by atoms with Gasteiger partial charge in [0, 0.05) is 12.2 Å². The lowest BCUT2D eigenvalue weighted by Gasteiger charge is -2.30. The first-order valence-corrected chi connectivity index (χ1v) is 11.9. The van der Waals surface area contributed by atoms with Crippen molar-refractivity contribution in [3.8, 4) is 0 Å². The van der Waals surface area contributed by atoms with Gasteiger partial charge >= 0.3 is 12.0 Å². The largest absolute Gasteiger partial charge is 0.466 e. The summed E-state index contributed by atoms with van der Waals surface area (Å²) in [5.41, 5.74) is 4.56. The number of primary sulfonamides is 1. The molecule has 33 heavy (non-hydrogen) atoms. The molecule has 0 saturated carbocycles. The van der Waals surface area contributed by atoms with Gasteiger partial charge in [-0.3, -0.25) is 0 Å². The number of nitrogens with two attached hydrogens (primary N) is 1. The first kappa shape index (κ1) is 24.4. The molecule has 1 heterocycles. The van der Waals surface area contributed by atoms with Crippen LogP contribution in [-0.2, 0) is 26.0 Å². The highest BCUT2D eigenvalue weighted by atomic mass is 32.2. The Morgan fingerprint density at radius 2 is 1.85 bits per heavy atom. The number of amides is 2. The second-order valence-electron chi connectivity index (χ2n) is 7.89. The van der Waals surface area contributed by atoms with E-state index in [1.54, 1.807) is 12.1 Å². The van der Waals surface area contributed by atoms with Gasteiger partial charge in [-0.05, 0) is 55.6 Å². The molecular formula is C23H28N4O5S. The molecule has 2 aromatic rings. The lowest BCUT2D eigenvalue weighted by atomic mass is 9.91. The molecule has 1 aliphatic heterocycles. The smallest absolute Gasteiger partial charge is 0.338 e. The molecule has 0 fully saturated rings. The fraction of sp³-hybridized carbons (Fsp3) is 0.304. The van der Waals surface area contributed by atoms with Gasteiger partial charge in [0.25, 0.3) is 0 Å². The Morgan fingerprint density at radius 1 is 1.15 bits per heavy atom. The Balaban J connectivity index is 1.76. The zero-order valence-corrected chi connectivity index (χ0v) is 19.6. The number of hydrogen-bond acceptors (Lipinski definition) is 6. The Kier molecular flexibility index (Phi) is 7.52. The third-order valence-corrected chi connectivity index (χ3v) is 6.37. The first-order valence-electron chi connectivity index (χ1n) is 10.4. The van der Waals surface area contributed by atoms with E-state index in [9.17, 15) is 18.0 Å². The number of methoxy groups -OCH3 is 1. The van der Waals surface area contributed by atoms with Crippen molar-refractivity contribution in [1.82, 2.24) is 16.0 Å². The summed E-state index contributed by atoms with van der Waals surface area (Å²) < 4.78 is 27.7.